The summed E-state index contributed by atoms with van der Waals surface area (Å²) >= 11 is 0. The predicted octanol–water partition coefficient (Wildman–Crippen LogP) is 15.5. The van der Waals surface area contributed by atoms with Gasteiger partial charge in [0.25, 0.3) is 0 Å². The number of aryl methyl sites for hydroxylation is 4. The third-order valence-corrected chi connectivity index (χ3v) is 7.89. The van der Waals surface area contributed by atoms with Crippen molar-refractivity contribution < 1.29 is 0 Å². The molecule has 0 amide bonds. The fourth-order valence-corrected chi connectivity index (χ4v) is 5.85. The smallest absolute Gasteiger partial charge is 0.0188 e. The van der Waals surface area contributed by atoms with Gasteiger partial charge in [-0.2, -0.15) is 0 Å². The van der Waals surface area contributed by atoms with Crippen LogP contribution in [-0.2, 0) is 32.1 Å². The van der Waals surface area contributed by atoms with E-state index in [1.807, 2.05) is 13.8 Å². The quantitative estimate of drug-likeness (QED) is 0.231. The average Bonchev–Trinajstić information content (AvgIpc) is 3.00. The topological polar surface area (TPSA) is 0 Å². The van der Waals surface area contributed by atoms with Gasteiger partial charge in [-0.1, -0.05) is 165 Å². The monoisotopic (exact) mass is 635 g/mol. The van der Waals surface area contributed by atoms with E-state index in [0.717, 1.165) is 17.8 Å². The van der Waals surface area contributed by atoms with Crippen LogP contribution < -0.4 is 0 Å². The highest BCUT2D eigenvalue weighted by Gasteiger charge is 2.15. The summed E-state index contributed by atoms with van der Waals surface area (Å²) in [5, 5.41) is 0. The number of hydrogen-bond donors (Lipinski definition) is 0. The van der Waals surface area contributed by atoms with E-state index in [0.29, 0.717) is 0 Å². The summed E-state index contributed by atoms with van der Waals surface area (Å²) in [6.45, 7) is 21.7. The lowest BCUT2D eigenvalue weighted by atomic mass is 9.84. The van der Waals surface area contributed by atoms with Gasteiger partial charge in [-0.3, -0.25) is 0 Å². The normalized spacial score (nSPS) is 16.1. The number of benzene rings is 3. The van der Waals surface area contributed by atoms with Gasteiger partial charge in [-0.25, -0.2) is 0 Å². The molecule has 6 rings (SSSR count). The molecule has 0 heteroatoms. The highest BCUT2D eigenvalue weighted by atomic mass is 14.2. The summed E-state index contributed by atoms with van der Waals surface area (Å²) in [5.74, 6) is 2.52. The molecule has 0 aromatic heterocycles. The fraction of sp³-hybridized carbons (Fsp3) is 0.609. The van der Waals surface area contributed by atoms with E-state index in [-0.39, 0.29) is 29.7 Å². The Balaban J connectivity index is -0.000000246. The maximum atomic E-state index is 2.34. The first kappa shape index (κ1) is 50.5. The van der Waals surface area contributed by atoms with Gasteiger partial charge < -0.3 is 0 Å². The van der Waals surface area contributed by atoms with Crippen molar-refractivity contribution in [1.82, 2.24) is 0 Å². The van der Waals surface area contributed by atoms with Crippen molar-refractivity contribution in [2.24, 2.45) is 11.8 Å². The minimum atomic E-state index is 0. The Morgan fingerprint density at radius 2 is 1.07 bits per heavy atom. The van der Waals surface area contributed by atoms with Crippen LogP contribution in [0.3, 0.4) is 0 Å². The van der Waals surface area contributed by atoms with Crippen LogP contribution in [0.15, 0.2) is 66.7 Å². The summed E-state index contributed by atoms with van der Waals surface area (Å²) < 4.78 is 0. The lowest BCUT2D eigenvalue weighted by Crippen LogP contribution is -2.10. The number of hydrogen-bond acceptors (Lipinski definition) is 0. The summed E-state index contributed by atoms with van der Waals surface area (Å²) in [7, 11) is 0. The molecule has 0 heterocycles. The Morgan fingerprint density at radius 3 is 1.63 bits per heavy atom. The lowest BCUT2D eigenvalue weighted by molar-refractivity contribution is 0.501. The second kappa shape index (κ2) is 30.0. The minimum Gasteiger partial charge on any atom is -0.0776 e. The van der Waals surface area contributed by atoms with Gasteiger partial charge in [0.1, 0.15) is 0 Å². The standard InChI is InChI=1S/3C11H14.C4H10.C3H8.C2H6.4CH4/c2*1-9-5-4-7-10-6-2-3-8-11(9)10;1-9-6-7-10-4-2-3-5-11(10)8-9;1-4(2)3;1-3-2;1-2;;;;/h4-5,7H,2-3,6,8H2,1H3;2-3,6,8-9H,4-5,7H2,1H3;2-5,9H,6-8H2,1H3;4H,1-3H3;3H2,1-2H3;1-2H3;4*1H4. The molecule has 0 aliphatic heterocycles. The van der Waals surface area contributed by atoms with Crippen molar-refractivity contribution in [2.75, 3.05) is 0 Å². The second-order valence-electron chi connectivity index (χ2n) is 13.0. The molecule has 0 spiro atoms. The van der Waals surface area contributed by atoms with Crippen molar-refractivity contribution in [2.45, 2.75) is 175 Å². The third kappa shape index (κ3) is 19.4. The lowest BCUT2D eigenvalue weighted by Gasteiger charge is -2.21. The zero-order chi connectivity index (χ0) is 31.3. The summed E-state index contributed by atoms with van der Waals surface area (Å²) in [5.41, 5.74) is 11.0. The Hall–Kier alpha value is -2.34. The van der Waals surface area contributed by atoms with Crippen LogP contribution in [-0.4, -0.2) is 0 Å². The molecule has 0 saturated heterocycles. The molecule has 3 aliphatic rings. The molecule has 266 valence electrons. The van der Waals surface area contributed by atoms with Crippen LogP contribution in [0.4, 0.5) is 0 Å². The highest BCUT2D eigenvalue weighted by Crippen LogP contribution is 2.30. The van der Waals surface area contributed by atoms with Gasteiger partial charge in [0.15, 0.2) is 0 Å². The third-order valence-electron chi connectivity index (χ3n) is 7.89. The Labute approximate surface area is 292 Å². The maximum absolute atomic E-state index is 2.34. The fourth-order valence-electron chi connectivity index (χ4n) is 5.85. The van der Waals surface area contributed by atoms with E-state index in [9.17, 15) is 0 Å². The van der Waals surface area contributed by atoms with Gasteiger partial charge in [-0.15, -0.1) is 0 Å². The zero-order valence-corrected chi connectivity index (χ0v) is 29.4. The van der Waals surface area contributed by atoms with E-state index in [4.69, 9.17) is 0 Å². The van der Waals surface area contributed by atoms with E-state index in [1.54, 1.807) is 33.4 Å². The predicted molar refractivity (Wildman–Crippen MR) is 218 cm³/mol. The van der Waals surface area contributed by atoms with Crippen molar-refractivity contribution in [3.05, 3.63) is 106 Å². The van der Waals surface area contributed by atoms with Crippen molar-refractivity contribution in [3.8, 4) is 0 Å². The first-order valence-electron chi connectivity index (χ1n) is 17.5. The molecule has 3 aromatic rings. The summed E-state index contributed by atoms with van der Waals surface area (Å²) in [4.78, 5) is 0. The summed E-state index contributed by atoms with van der Waals surface area (Å²) in [6, 6.07) is 24.4. The molecule has 0 bridgehead atoms. The van der Waals surface area contributed by atoms with Gasteiger partial charge in [0, 0.05) is 0 Å². The van der Waals surface area contributed by atoms with Crippen LogP contribution >= 0.6 is 0 Å². The Kier molecular flexibility index (Phi) is 33.0. The van der Waals surface area contributed by atoms with Gasteiger partial charge in [-0.05, 0) is 128 Å². The first-order valence-corrected chi connectivity index (χ1v) is 17.5. The van der Waals surface area contributed by atoms with Gasteiger partial charge >= 0.3 is 0 Å². The Bertz CT molecular complexity index is 1090. The molecule has 46 heavy (non-hydrogen) atoms. The molecule has 0 saturated carbocycles. The molecule has 0 nitrogen and oxygen atoms in total. The van der Waals surface area contributed by atoms with E-state index in [2.05, 4.69) is 122 Å². The molecule has 0 radical (unpaired) electrons. The van der Waals surface area contributed by atoms with Crippen LogP contribution in [0.5, 0.6) is 0 Å². The van der Waals surface area contributed by atoms with E-state index >= 15 is 0 Å². The highest BCUT2D eigenvalue weighted by molar-refractivity contribution is 5.36. The molecular formula is C46H82. The van der Waals surface area contributed by atoms with E-state index in [1.165, 1.54) is 76.2 Å². The van der Waals surface area contributed by atoms with Crippen LogP contribution in [0.25, 0.3) is 0 Å². The number of rotatable bonds is 0. The molecule has 2 unspecified atom stereocenters. The van der Waals surface area contributed by atoms with Crippen LogP contribution in [0, 0.1) is 18.8 Å². The molecular weight excluding hydrogens is 553 g/mol. The van der Waals surface area contributed by atoms with Crippen molar-refractivity contribution in [1.29, 1.82) is 0 Å². The average molecular weight is 635 g/mol. The molecule has 3 aromatic carbocycles. The molecule has 2 atom stereocenters. The SMILES string of the molecule is C.C.C.C.CC.CC(C)C.CC1CCCc2ccccc21.CC1CCc2ccccc2C1.CCC.Cc1cccc2c1CCCC2. The first-order chi connectivity index (χ1) is 20.3. The van der Waals surface area contributed by atoms with Crippen molar-refractivity contribution >= 4 is 0 Å². The van der Waals surface area contributed by atoms with Crippen LogP contribution in [0.1, 0.15) is 175 Å². The van der Waals surface area contributed by atoms with Crippen molar-refractivity contribution in [3.63, 3.8) is 0 Å². The Morgan fingerprint density at radius 1 is 0.587 bits per heavy atom. The molecule has 0 N–H and O–H groups in total. The summed E-state index contributed by atoms with van der Waals surface area (Å²) in [6.07, 6.45) is 14.6. The molecule has 0 fully saturated rings. The molecule has 3 aliphatic carbocycles. The largest absolute Gasteiger partial charge is 0.0776 e. The van der Waals surface area contributed by atoms with Gasteiger partial charge in [0.05, 0.1) is 0 Å². The minimum absolute atomic E-state index is 0. The zero-order valence-electron chi connectivity index (χ0n) is 29.4. The van der Waals surface area contributed by atoms with Gasteiger partial charge in [0.2, 0.25) is 0 Å². The number of fused-ring (bicyclic) bond motifs is 3. The van der Waals surface area contributed by atoms with Crippen LogP contribution in [0.2, 0.25) is 0 Å². The van der Waals surface area contributed by atoms with E-state index < -0.39 is 0 Å². The second-order valence-corrected chi connectivity index (χ2v) is 13.0. The maximum Gasteiger partial charge on any atom is -0.0188 e.